The zero-order chi connectivity index (χ0) is 7.98. The van der Waals surface area contributed by atoms with Crippen LogP contribution in [0.3, 0.4) is 0 Å². The van der Waals surface area contributed by atoms with Crippen molar-refractivity contribution < 1.29 is 14.6 Å². The Morgan fingerprint density at radius 2 is 2.50 bits per heavy atom. The first-order valence-corrected chi connectivity index (χ1v) is 3.17. The molecule has 0 amide bonds. The van der Waals surface area contributed by atoms with Gasteiger partial charge in [0.15, 0.2) is 0 Å². The van der Waals surface area contributed by atoms with E-state index in [4.69, 9.17) is 5.11 Å². The summed E-state index contributed by atoms with van der Waals surface area (Å²) in [5.74, 6) is -0.305. The van der Waals surface area contributed by atoms with Gasteiger partial charge in [-0.2, -0.15) is 0 Å². The maximum atomic E-state index is 10.5. The minimum Gasteiger partial charge on any atom is -0.463 e. The molecule has 0 spiro atoms. The summed E-state index contributed by atoms with van der Waals surface area (Å²) in [7, 11) is 0. The van der Waals surface area contributed by atoms with Crippen molar-refractivity contribution in [1.29, 1.82) is 0 Å². The molecule has 1 atom stereocenters. The van der Waals surface area contributed by atoms with E-state index in [-0.39, 0.29) is 12.6 Å². The van der Waals surface area contributed by atoms with Gasteiger partial charge in [-0.15, -0.1) is 6.58 Å². The molecule has 10 heavy (non-hydrogen) atoms. The normalized spacial score (nSPS) is 12.2. The van der Waals surface area contributed by atoms with E-state index in [0.29, 0.717) is 6.42 Å². The Morgan fingerprint density at radius 1 is 1.90 bits per heavy atom. The van der Waals surface area contributed by atoms with E-state index in [1.54, 1.807) is 6.92 Å². The molecule has 0 aliphatic heterocycles. The van der Waals surface area contributed by atoms with Gasteiger partial charge in [0.2, 0.25) is 0 Å². The molecule has 0 rings (SSSR count). The number of carbonyl (C=O) groups excluding carboxylic acids is 1. The van der Waals surface area contributed by atoms with Gasteiger partial charge in [0.25, 0.3) is 0 Å². The van der Waals surface area contributed by atoms with Crippen LogP contribution in [0.5, 0.6) is 0 Å². The van der Waals surface area contributed by atoms with Crippen LogP contribution in [0, 0.1) is 0 Å². The Labute approximate surface area is 60.3 Å². The molecule has 58 valence electrons. The summed E-state index contributed by atoms with van der Waals surface area (Å²) in [5.41, 5.74) is 0. The third-order valence-corrected chi connectivity index (χ3v) is 0.976. The van der Waals surface area contributed by atoms with E-state index in [2.05, 4.69) is 11.3 Å². The predicted octanol–water partition coefficient (Wildman–Crippen LogP) is 0.486. The molecule has 0 aromatic carbocycles. The number of rotatable bonds is 4. The number of ether oxygens (including phenoxy) is 1. The lowest BCUT2D eigenvalue weighted by molar-refractivity contribution is -0.145. The monoisotopic (exact) mass is 144 g/mol. The van der Waals surface area contributed by atoms with Crippen LogP contribution < -0.4 is 0 Å². The average Bonchev–Trinajstić information content (AvgIpc) is 1.99. The molecular formula is C7H12O3. The van der Waals surface area contributed by atoms with Crippen molar-refractivity contribution in [3.8, 4) is 0 Å². The van der Waals surface area contributed by atoms with E-state index < -0.39 is 6.10 Å². The highest BCUT2D eigenvalue weighted by Gasteiger charge is 2.01. The fourth-order valence-corrected chi connectivity index (χ4v) is 0.348. The Balaban J connectivity index is 3.34. The van der Waals surface area contributed by atoms with Gasteiger partial charge in [-0.3, -0.25) is 4.79 Å². The van der Waals surface area contributed by atoms with Crippen molar-refractivity contribution in [3.63, 3.8) is 0 Å². The second-order valence-electron chi connectivity index (χ2n) is 1.84. The van der Waals surface area contributed by atoms with Crippen LogP contribution in [0.15, 0.2) is 12.7 Å². The summed E-state index contributed by atoms with van der Waals surface area (Å²) in [6.07, 6.45) is 0.919. The number of hydrogen-bond acceptors (Lipinski definition) is 3. The quantitative estimate of drug-likeness (QED) is 0.461. The molecule has 0 fully saturated rings. The van der Waals surface area contributed by atoms with Crippen LogP contribution in [0.2, 0.25) is 0 Å². The van der Waals surface area contributed by atoms with Gasteiger partial charge in [0.05, 0.1) is 0 Å². The topological polar surface area (TPSA) is 46.5 Å². The van der Waals surface area contributed by atoms with Crippen molar-refractivity contribution in [3.05, 3.63) is 12.7 Å². The summed E-state index contributed by atoms with van der Waals surface area (Å²) in [4.78, 5) is 10.5. The molecule has 1 unspecified atom stereocenters. The van der Waals surface area contributed by atoms with Crippen LogP contribution in [0.25, 0.3) is 0 Å². The fraction of sp³-hybridized carbons (Fsp3) is 0.571. The minimum absolute atomic E-state index is 0.0101. The molecule has 3 heteroatoms. The standard InChI is InChI=1S/C7H12O3/c1-3-6(8)5-10-7(9)4-2/h3,6,8H,1,4-5H2,2H3. The molecule has 0 radical (unpaired) electrons. The van der Waals surface area contributed by atoms with Crippen LogP contribution >= 0.6 is 0 Å². The zero-order valence-electron chi connectivity index (χ0n) is 6.04. The summed E-state index contributed by atoms with van der Waals surface area (Å²) < 4.78 is 4.58. The lowest BCUT2D eigenvalue weighted by Gasteiger charge is -2.04. The first kappa shape index (κ1) is 9.17. The highest BCUT2D eigenvalue weighted by atomic mass is 16.5. The molecule has 3 nitrogen and oxygen atoms in total. The smallest absolute Gasteiger partial charge is 0.305 e. The maximum Gasteiger partial charge on any atom is 0.305 e. The molecule has 0 aliphatic carbocycles. The lowest BCUT2D eigenvalue weighted by Crippen LogP contribution is -2.15. The Bertz CT molecular complexity index is 120. The van der Waals surface area contributed by atoms with Gasteiger partial charge in [-0.25, -0.2) is 0 Å². The lowest BCUT2D eigenvalue weighted by atomic mass is 10.4. The van der Waals surface area contributed by atoms with E-state index >= 15 is 0 Å². The Kier molecular flexibility index (Phi) is 4.58. The Morgan fingerprint density at radius 3 is 2.90 bits per heavy atom. The molecule has 0 aliphatic rings. The van der Waals surface area contributed by atoms with E-state index in [0.717, 1.165) is 0 Å². The molecule has 0 bridgehead atoms. The highest BCUT2D eigenvalue weighted by Crippen LogP contribution is 1.89. The number of carbonyl (C=O) groups is 1. The molecule has 0 aromatic heterocycles. The molecular weight excluding hydrogens is 132 g/mol. The van der Waals surface area contributed by atoms with Gasteiger partial charge < -0.3 is 9.84 Å². The van der Waals surface area contributed by atoms with Crippen LogP contribution in [0.1, 0.15) is 13.3 Å². The number of esters is 1. The van der Waals surface area contributed by atoms with Crippen molar-refractivity contribution in [1.82, 2.24) is 0 Å². The van der Waals surface area contributed by atoms with E-state index in [1.165, 1.54) is 6.08 Å². The van der Waals surface area contributed by atoms with Crippen molar-refractivity contribution in [2.24, 2.45) is 0 Å². The van der Waals surface area contributed by atoms with Gasteiger partial charge >= 0.3 is 5.97 Å². The van der Waals surface area contributed by atoms with Gasteiger partial charge in [-0.05, 0) is 0 Å². The van der Waals surface area contributed by atoms with Crippen molar-refractivity contribution in [2.75, 3.05) is 6.61 Å². The number of hydrogen-bond donors (Lipinski definition) is 1. The largest absolute Gasteiger partial charge is 0.463 e. The van der Waals surface area contributed by atoms with Crippen molar-refractivity contribution >= 4 is 5.97 Å². The maximum absolute atomic E-state index is 10.5. The fourth-order valence-electron chi connectivity index (χ4n) is 0.348. The van der Waals surface area contributed by atoms with E-state index in [9.17, 15) is 4.79 Å². The molecule has 0 saturated heterocycles. The second kappa shape index (κ2) is 4.99. The van der Waals surface area contributed by atoms with Crippen LogP contribution in [-0.4, -0.2) is 23.8 Å². The number of aliphatic hydroxyl groups is 1. The summed E-state index contributed by atoms with van der Waals surface area (Å²) in [5, 5.41) is 8.81. The summed E-state index contributed by atoms with van der Waals surface area (Å²) >= 11 is 0. The van der Waals surface area contributed by atoms with Gasteiger partial charge in [0.1, 0.15) is 12.7 Å². The molecule has 0 saturated carbocycles. The highest BCUT2D eigenvalue weighted by molar-refractivity contribution is 5.68. The molecule has 0 heterocycles. The minimum atomic E-state index is -0.740. The van der Waals surface area contributed by atoms with Crippen LogP contribution in [-0.2, 0) is 9.53 Å². The average molecular weight is 144 g/mol. The SMILES string of the molecule is C=CC(O)COC(=O)CC. The second-order valence-corrected chi connectivity index (χ2v) is 1.84. The van der Waals surface area contributed by atoms with Crippen LogP contribution in [0.4, 0.5) is 0 Å². The number of aliphatic hydroxyl groups excluding tert-OH is 1. The predicted molar refractivity (Wildman–Crippen MR) is 37.5 cm³/mol. The van der Waals surface area contributed by atoms with Gasteiger partial charge in [0, 0.05) is 6.42 Å². The van der Waals surface area contributed by atoms with Gasteiger partial charge in [-0.1, -0.05) is 13.0 Å². The summed E-state index contributed by atoms with van der Waals surface area (Å²) in [6.45, 7) is 5.03. The van der Waals surface area contributed by atoms with E-state index in [1.807, 2.05) is 0 Å². The third kappa shape index (κ3) is 4.09. The van der Waals surface area contributed by atoms with Crippen molar-refractivity contribution in [2.45, 2.75) is 19.4 Å². The Hall–Kier alpha value is -0.830. The first-order chi connectivity index (χ1) is 4.70. The zero-order valence-corrected chi connectivity index (χ0v) is 6.04. The summed E-state index contributed by atoms with van der Waals surface area (Å²) in [6, 6.07) is 0. The molecule has 0 aromatic rings. The third-order valence-electron chi connectivity index (χ3n) is 0.976. The first-order valence-electron chi connectivity index (χ1n) is 3.17. The molecule has 1 N–H and O–H groups in total.